The Labute approximate surface area is 132 Å². The highest BCUT2D eigenvalue weighted by molar-refractivity contribution is 5.85. The van der Waals surface area contributed by atoms with Crippen LogP contribution in [0, 0.1) is 5.92 Å². The fraction of sp³-hybridized carbons (Fsp3) is 0.571. The van der Waals surface area contributed by atoms with Gasteiger partial charge < -0.3 is 15.5 Å². The molecule has 3 rings (SSSR count). The molecule has 1 atom stereocenters. The van der Waals surface area contributed by atoms with Crippen molar-refractivity contribution in [1.29, 1.82) is 0 Å². The number of benzene rings is 1. The molecule has 1 aliphatic carbocycles. The van der Waals surface area contributed by atoms with Crippen LogP contribution in [-0.2, 0) is 0 Å². The summed E-state index contributed by atoms with van der Waals surface area (Å²) in [6.07, 6.45) is 2.51. The van der Waals surface area contributed by atoms with Crippen molar-refractivity contribution in [1.82, 2.24) is 10.2 Å². The van der Waals surface area contributed by atoms with Crippen molar-refractivity contribution < 1.29 is 10.2 Å². The van der Waals surface area contributed by atoms with Gasteiger partial charge in [0.15, 0.2) is 0 Å². The van der Waals surface area contributed by atoms with Crippen molar-refractivity contribution in [3.63, 3.8) is 0 Å². The third-order valence-electron chi connectivity index (χ3n) is 3.88. The molecular weight excluding hydrogens is 299 g/mol. The molecule has 1 saturated heterocycles. The summed E-state index contributed by atoms with van der Waals surface area (Å²) in [5.74, 6) is 1.00. The van der Waals surface area contributed by atoms with Crippen molar-refractivity contribution in [2.45, 2.75) is 18.9 Å². The van der Waals surface area contributed by atoms with E-state index >= 15 is 0 Å². The third-order valence-corrected chi connectivity index (χ3v) is 3.88. The smallest absolute Gasteiger partial charge is 0.119 e. The Morgan fingerprint density at radius 1 is 1.00 bits per heavy atom. The molecule has 0 bridgehead atoms. The van der Waals surface area contributed by atoms with Crippen LogP contribution in [0.4, 0.5) is 0 Å². The van der Waals surface area contributed by atoms with Gasteiger partial charge in [0.2, 0.25) is 0 Å². The van der Waals surface area contributed by atoms with E-state index in [1.807, 2.05) is 0 Å². The SMILES string of the molecule is Cl.Cl.Oc1cc(O)cc([C@@H](C2CC2)N2CCNCC2)c1. The summed E-state index contributed by atoms with van der Waals surface area (Å²) in [6.45, 7) is 4.12. The van der Waals surface area contributed by atoms with Crippen LogP contribution in [0.2, 0.25) is 0 Å². The normalized spacial score (nSPS) is 20.6. The molecule has 2 aliphatic rings. The van der Waals surface area contributed by atoms with Gasteiger partial charge in [-0.1, -0.05) is 0 Å². The Balaban J connectivity index is 0.000001000. The number of rotatable bonds is 3. The summed E-state index contributed by atoms with van der Waals surface area (Å²) < 4.78 is 0. The van der Waals surface area contributed by atoms with Gasteiger partial charge in [-0.05, 0) is 36.5 Å². The Bertz CT molecular complexity index is 415. The van der Waals surface area contributed by atoms with Gasteiger partial charge in [-0.15, -0.1) is 24.8 Å². The van der Waals surface area contributed by atoms with E-state index in [0.29, 0.717) is 12.0 Å². The number of phenolic OH excluding ortho intramolecular Hbond substituents is 2. The van der Waals surface area contributed by atoms with Crippen LogP contribution < -0.4 is 5.32 Å². The van der Waals surface area contributed by atoms with Gasteiger partial charge in [-0.25, -0.2) is 0 Å². The van der Waals surface area contributed by atoms with Crippen LogP contribution in [0.3, 0.4) is 0 Å². The van der Waals surface area contributed by atoms with Gasteiger partial charge in [0.05, 0.1) is 0 Å². The number of phenols is 2. The first kappa shape index (κ1) is 17.4. The summed E-state index contributed by atoms with van der Waals surface area (Å²) in [7, 11) is 0. The molecule has 0 aromatic heterocycles. The van der Waals surface area contributed by atoms with E-state index < -0.39 is 0 Å². The van der Waals surface area contributed by atoms with Crippen LogP contribution in [0.15, 0.2) is 18.2 Å². The minimum Gasteiger partial charge on any atom is -0.508 e. The Hall–Kier alpha value is -0.680. The van der Waals surface area contributed by atoms with E-state index in [1.54, 1.807) is 12.1 Å². The zero-order chi connectivity index (χ0) is 12.5. The number of aromatic hydroxyl groups is 2. The highest BCUT2D eigenvalue weighted by Gasteiger charge is 2.37. The van der Waals surface area contributed by atoms with E-state index in [1.165, 1.54) is 18.9 Å². The molecule has 0 spiro atoms. The Morgan fingerprint density at radius 2 is 1.55 bits per heavy atom. The summed E-state index contributed by atoms with van der Waals surface area (Å²) in [6, 6.07) is 5.34. The zero-order valence-electron chi connectivity index (χ0n) is 11.3. The molecule has 1 heterocycles. The maximum absolute atomic E-state index is 9.65. The topological polar surface area (TPSA) is 55.7 Å². The lowest BCUT2D eigenvalue weighted by Crippen LogP contribution is -2.45. The second-order valence-electron chi connectivity index (χ2n) is 5.35. The van der Waals surface area contributed by atoms with Gasteiger partial charge in [0, 0.05) is 38.3 Å². The summed E-state index contributed by atoms with van der Waals surface area (Å²) in [5.41, 5.74) is 1.05. The quantitative estimate of drug-likeness (QED) is 0.800. The first-order valence-corrected chi connectivity index (χ1v) is 6.72. The van der Waals surface area contributed by atoms with Crippen molar-refractivity contribution in [3.8, 4) is 11.5 Å². The third kappa shape index (κ3) is 3.92. The summed E-state index contributed by atoms with van der Waals surface area (Å²) in [4.78, 5) is 2.47. The van der Waals surface area contributed by atoms with E-state index in [4.69, 9.17) is 0 Å². The molecule has 6 heteroatoms. The average Bonchev–Trinajstić information content (AvgIpc) is 3.14. The second kappa shape index (κ2) is 7.36. The van der Waals surface area contributed by atoms with Crippen LogP contribution in [0.1, 0.15) is 24.4 Å². The van der Waals surface area contributed by atoms with E-state index in [0.717, 1.165) is 31.7 Å². The van der Waals surface area contributed by atoms with Gasteiger partial charge in [0.25, 0.3) is 0 Å². The molecule has 1 aromatic carbocycles. The molecule has 1 aliphatic heterocycles. The molecule has 0 amide bonds. The monoisotopic (exact) mass is 320 g/mol. The number of nitrogens with one attached hydrogen (secondary N) is 1. The highest BCUT2D eigenvalue weighted by atomic mass is 35.5. The summed E-state index contributed by atoms with van der Waals surface area (Å²) >= 11 is 0. The second-order valence-corrected chi connectivity index (χ2v) is 5.35. The minimum atomic E-state index is 0. The Kier molecular flexibility index (Phi) is 6.40. The van der Waals surface area contributed by atoms with Gasteiger partial charge in [-0.3, -0.25) is 4.90 Å². The number of hydrogen-bond donors (Lipinski definition) is 3. The molecule has 3 N–H and O–H groups in total. The lowest BCUT2D eigenvalue weighted by atomic mass is 9.99. The lowest BCUT2D eigenvalue weighted by molar-refractivity contribution is 0.156. The lowest BCUT2D eigenvalue weighted by Gasteiger charge is -2.35. The van der Waals surface area contributed by atoms with Crippen molar-refractivity contribution in [2.75, 3.05) is 26.2 Å². The fourth-order valence-electron chi connectivity index (χ4n) is 2.94. The van der Waals surface area contributed by atoms with E-state index in [-0.39, 0.29) is 36.3 Å². The standard InChI is InChI=1S/C14H20N2O2.2ClH/c17-12-7-11(8-13(18)9-12)14(10-1-2-10)16-5-3-15-4-6-16;;/h7-10,14-15,17-18H,1-6H2;2*1H/t14-;;/m1../s1. The number of hydrogen-bond acceptors (Lipinski definition) is 4. The number of halogens is 2. The van der Waals surface area contributed by atoms with E-state index in [9.17, 15) is 10.2 Å². The largest absolute Gasteiger partial charge is 0.508 e. The van der Waals surface area contributed by atoms with Crippen LogP contribution in [0.5, 0.6) is 11.5 Å². The predicted molar refractivity (Wildman–Crippen MR) is 84.2 cm³/mol. The number of nitrogens with zero attached hydrogens (tertiary/aromatic N) is 1. The maximum Gasteiger partial charge on any atom is 0.119 e. The van der Waals surface area contributed by atoms with Crippen LogP contribution >= 0.6 is 24.8 Å². The zero-order valence-corrected chi connectivity index (χ0v) is 12.9. The number of piperazine rings is 1. The first-order chi connectivity index (χ1) is 8.74. The van der Waals surface area contributed by atoms with Crippen LogP contribution in [-0.4, -0.2) is 41.3 Å². The molecule has 114 valence electrons. The predicted octanol–water partition coefficient (Wildman–Crippen LogP) is 2.30. The van der Waals surface area contributed by atoms with Crippen molar-refractivity contribution in [3.05, 3.63) is 23.8 Å². The minimum absolute atomic E-state index is 0. The van der Waals surface area contributed by atoms with E-state index in [2.05, 4.69) is 10.2 Å². The average molecular weight is 321 g/mol. The molecular formula is C14H22Cl2N2O2. The molecule has 2 fully saturated rings. The van der Waals surface area contributed by atoms with Gasteiger partial charge in [0.1, 0.15) is 11.5 Å². The van der Waals surface area contributed by atoms with Crippen molar-refractivity contribution >= 4 is 24.8 Å². The van der Waals surface area contributed by atoms with Crippen LogP contribution in [0.25, 0.3) is 0 Å². The van der Waals surface area contributed by atoms with Crippen molar-refractivity contribution in [2.24, 2.45) is 5.92 Å². The highest BCUT2D eigenvalue weighted by Crippen LogP contribution is 2.45. The molecule has 1 saturated carbocycles. The van der Waals surface area contributed by atoms with Gasteiger partial charge in [-0.2, -0.15) is 0 Å². The molecule has 20 heavy (non-hydrogen) atoms. The molecule has 0 radical (unpaired) electrons. The maximum atomic E-state index is 9.65. The van der Waals surface area contributed by atoms with Gasteiger partial charge >= 0.3 is 0 Å². The Morgan fingerprint density at radius 3 is 2.05 bits per heavy atom. The molecule has 1 aromatic rings. The first-order valence-electron chi connectivity index (χ1n) is 6.72. The molecule has 0 unspecified atom stereocenters. The fourth-order valence-corrected chi connectivity index (χ4v) is 2.94. The molecule has 4 nitrogen and oxygen atoms in total. The summed E-state index contributed by atoms with van der Waals surface area (Å²) in [5, 5.41) is 22.7.